The maximum Gasteiger partial charge on any atom is 0.231 e. The molecule has 0 aliphatic heterocycles. The molecule has 3 aromatic rings. The SMILES string of the molecule is COc1cccc(OCc2noc(Cc3ccc(N)cc3)n2)c1. The van der Waals surface area contributed by atoms with Crippen LogP contribution in [0.3, 0.4) is 0 Å². The number of hydrogen-bond donors (Lipinski definition) is 1. The Hall–Kier alpha value is -3.02. The number of nitrogens with zero attached hydrogens (tertiary/aromatic N) is 2. The van der Waals surface area contributed by atoms with Gasteiger partial charge in [0.15, 0.2) is 6.61 Å². The molecule has 0 saturated carbocycles. The highest BCUT2D eigenvalue weighted by atomic mass is 16.5. The Balaban J connectivity index is 1.59. The molecular formula is C17H17N3O3. The van der Waals surface area contributed by atoms with E-state index < -0.39 is 0 Å². The Morgan fingerprint density at radius 3 is 2.65 bits per heavy atom. The first-order valence-corrected chi connectivity index (χ1v) is 7.15. The lowest BCUT2D eigenvalue weighted by molar-refractivity contribution is 0.283. The monoisotopic (exact) mass is 311 g/mol. The number of methoxy groups -OCH3 is 1. The number of benzene rings is 2. The Kier molecular flexibility index (Phi) is 4.42. The van der Waals surface area contributed by atoms with Gasteiger partial charge in [0, 0.05) is 11.8 Å². The van der Waals surface area contributed by atoms with Crippen LogP contribution in [0, 0.1) is 0 Å². The van der Waals surface area contributed by atoms with Crippen LogP contribution in [0.5, 0.6) is 11.5 Å². The summed E-state index contributed by atoms with van der Waals surface area (Å²) in [5, 5.41) is 3.92. The van der Waals surface area contributed by atoms with E-state index in [4.69, 9.17) is 19.7 Å². The normalized spacial score (nSPS) is 10.5. The molecule has 2 N–H and O–H groups in total. The fourth-order valence-corrected chi connectivity index (χ4v) is 2.07. The van der Waals surface area contributed by atoms with Crippen LogP contribution in [0.1, 0.15) is 17.3 Å². The lowest BCUT2D eigenvalue weighted by atomic mass is 10.1. The van der Waals surface area contributed by atoms with Gasteiger partial charge in [-0.25, -0.2) is 0 Å². The van der Waals surface area contributed by atoms with E-state index in [0.717, 1.165) is 17.0 Å². The Labute approximate surface area is 133 Å². The standard InChI is InChI=1S/C17H17N3O3/c1-21-14-3-2-4-15(10-14)22-11-16-19-17(23-20-16)9-12-5-7-13(18)8-6-12/h2-8,10H,9,11,18H2,1H3. The number of ether oxygens (including phenoxy) is 2. The minimum absolute atomic E-state index is 0.235. The number of nitrogen functional groups attached to an aromatic ring is 1. The Morgan fingerprint density at radius 1 is 1.09 bits per heavy atom. The number of nitrogens with two attached hydrogens (primary N) is 1. The molecule has 118 valence electrons. The van der Waals surface area contributed by atoms with Crippen molar-refractivity contribution >= 4 is 5.69 Å². The molecule has 0 amide bonds. The molecule has 0 saturated heterocycles. The van der Waals surface area contributed by atoms with Gasteiger partial charge in [-0.2, -0.15) is 4.98 Å². The lowest BCUT2D eigenvalue weighted by Gasteiger charge is -2.05. The zero-order chi connectivity index (χ0) is 16.1. The molecule has 0 unspecified atom stereocenters. The first kappa shape index (κ1) is 14.9. The number of rotatable bonds is 6. The molecule has 6 nitrogen and oxygen atoms in total. The van der Waals surface area contributed by atoms with Crippen molar-refractivity contribution in [2.45, 2.75) is 13.0 Å². The van der Waals surface area contributed by atoms with Crippen LogP contribution >= 0.6 is 0 Å². The van der Waals surface area contributed by atoms with Crippen LogP contribution in [0.4, 0.5) is 5.69 Å². The van der Waals surface area contributed by atoms with Gasteiger partial charge in [0.05, 0.1) is 13.5 Å². The van der Waals surface area contributed by atoms with Crippen LogP contribution in [0.25, 0.3) is 0 Å². The fraction of sp³-hybridized carbons (Fsp3) is 0.176. The highest BCUT2D eigenvalue weighted by Gasteiger charge is 2.08. The minimum Gasteiger partial charge on any atom is -0.497 e. The van der Waals surface area contributed by atoms with Gasteiger partial charge in [-0.15, -0.1) is 0 Å². The van der Waals surface area contributed by atoms with Crippen molar-refractivity contribution in [3.63, 3.8) is 0 Å². The first-order chi connectivity index (χ1) is 11.2. The third kappa shape index (κ3) is 4.00. The fourth-order valence-electron chi connectivity index (χ4n) is 2.07. The summed E-state index contributed by atoms with van der Waals surface area (Å²) < 4.78 is 16.0. The van der Waals surface area contributed by atoms with Crippen molar-refractivity contribution in [2.75, 3.05) is 12.8 Å². The molecule has 0 fully saturated rings. The summed E-state index contributed by atoms with van der Waals surface area (Å²) in [7, 11) is 1.61. The van der Waals surface area contributed by atoms with Crippen LogP contribution in [-0.2, 0) is 13.0 Å². The van der Waals surface area contributed by atoms with Crippen LogP contribution in [0.2, 0.25) is 0 Å². The lowest BCUT2D eigenvalue weighted by Crippen LogP contribution is -1.98. The van der Waals surface area contributed by atoms with E-state index in [-0.39, 0.29) is 6.61 Å². The second kappa shape index (κ2) is 6.83. The van der Waals surface area contributed by atoms with Gasteiger partial charge in [-0.3, -0.25) is 0 Å². The predicted octanol–water partition coefficient (Wildman–Crippen LogP) is 2.83. The van der Waals surface area contributed by atoms with E-state index in [1.807, 2.05) is 42.5 Å². The van der Waals surface area contributed by atoms with Crippen molar-refractivity contribution in [3.05, 3.63) is 65.8 Å². The molecule has 0 aliphatic rings. The van der Waals surface area contributed by atoms with Crippen molar-refractivity contribution < 1.29 is 14.0 Å². The summed E-state index contributed by atoms with van der Waals surface area (Å²) in [5.74, 6) is 2.46. The van der Waals surface area contributed by atoms with Gasteiger partial charge in [0.25, 0.3) is 0 Å². The van der Waals surface area contributed by atoms with E-state index in [1.165, 1.54) is 0 Å². The van der Waals surface area contributed by atoms with Gasteiger partial charge in [0.2, 0.25) is 11.7 Å². The molecule has 23 heavy (non-hydrogen) atoms. The third-order valence-corrected chi connectivity index (χ3v) is 3.25. The van der Waals surface area contributed by atoms with Gasteiger partial charge < -0.3 is 19.7 Å². The highest BCUT2D eigenvalue weighted by Crippen LogP contribution is 2.19. The summed E-state index contributed by atoms with van der Waals surface area (Å²) in [6, 6.07) is 14.9. The second-order valence-electron chi connectivity index (χ2n) is 4.99. The molecule has 3 rings (SSSR count). The van der Waals surface area contributed by atoms with E-state index in [9.17, 15) is 0 Å². The second-order valence-corrected chi connectivity index (χ2v) is 4.99. The third-order valence-electron chi connectivity index (χ3n) is 3.25. The highest BCUT2D eigenvalue weighted by molar-refractivity contribution is 5.39. The van der Waals surface area contributed by atoms with E-state index in [2.05, 4.69) is 10.1 Å². The maximum atomic E-state index is 5.66. The average molecular weight is 311 g/mol. The zero-order valence-corrected chi connectivity index (χ0v) is 12.7. The van der Waals surface area contributed by atoms with Gasteiger partial charge in [-0.05, 0) is 29.8 Å². The quantitative estimate of drug-likeness (QED) is 0.705. The Bertz CT molecular complexity index is 769. The molecular weight excluding hydrogens is 294 g/mol. The number of aromatic nitrogens is 2. The van der Waals surface area contributed by atoms with E-state index in [0.29, 0.717) is 23.9 Å². The molecule has 0 radical (unpaired) electrons. The van der Waals surface area contributed by atoms with Gasteiger partial charge in [-0.1, -0.05) is 23.4 Å². The minimum atomic E-state index is 0.235. The van der Waals surface area contributed by atoms with Gasteiger partial charge in [0.1, 0.15) is 11.5 Å². The average Bonchev–Trinajstić information content (AvgIpc) is 3.03. The molecule has 0 bridgehead atoms. The van der Waals surface area contributed by atoms with Crippen molar-refractivity contribution in [3.8, 4) is 11.5 Å². The van der Waals surface area contributed by atoms with Crippen LogP contribution in [0.15, 0.2) is 53.1 Å². The molecule has 1 heterocycles. The smallest absolute Gasteiger partial charge is 0.231 e. The summed E-state index contributed by atoms with van der Waals surface area (Å²) in [6.45, 7) is 0.235. The zero-order valence-electron chi connectivity index (χ0n) is 12.7. The van der Waals surface area contributed by atoms with Crippen molar-refractivity contribution in [1.82, 2.24) is 10.1 Å². The summed E-state index contributed by atoms with van der Waals surface area (Å²) in [5.41, 5.74) is 7.45. The molecule has 6 heteroatoms. The number of anilines is 1. The van der Waals surface area contributed by atoms with Gasteiger partial charge >= 0.3 is 0 Å². The molecule has 0 aliphatic carbocycles. The van der Waals surface area contributed by atoms with Crippen LogP contribution in [-0.4, -0.2) is 17.3 Å². The van der Waals surface area contributed by atoms with E-state index in [1.54, 1.807) is 13.2 Å². The topological polar surface area (TPSA) is 83.4 Å². The van der Waals surface area contributed by atoms with E-state index >= 15 is 0 Å². The van der Waals surface area contributed by atoms with Crippen LogP contribution < -0.4 is 15.2 Å². The molecule has 0 atom stereocenters. The molecule has 0 spiro atoms. The largest absolute Gasteiger partial charge is 0.497 e. The summed E-state index contributed by atoms with van der Waals surface area (Å²) in [6.07, 6.45) is 0.562. The maximum absolute atomic E-state index is 5.66. The first-order valence-electron chi connectivity index (χ1n) is 7.15. The summed E-state index contributed by atoms with van der Waals surface area (Å²) in [4.78, 5) is 4.32. The number of hydrogen-bond acceptors (Lipinski definition) is 6. The predicted molar refractivity (Wildman–Crippen MR) is 85.3 cm³/mol. The van der Waals surface area contributed by atoms with Crippen molar-refractivity contribution in [1.29, 1.82) is 0 Å². The Morgan fingerprint density at radius 2 is 1.87 bits per heavy atom. The van der Waals surface area contributed by atoms with Crippen molar-refractivity contribution in [2.24, 2.45) is 0 Å². The summed E-state index contributed by atoms with van der Waals surface area (Å²) >= 11 is 0. The molecule has 1 aromatic heterocycles. The molecule has 2 aromatic carbocycles.